The van der Waals surface area contributed by atoms with Gasteiger partial charge in [-0.1, -0.05) is 53.6 Å². The van der Waals surface area contributed by atoms with Gasteiger partial charge in [-0.3, -0.25) is 4.79 Å². The molecule has 0 bridgehead atoms. The molecule has 0 aromatic heterocycles. The zero-order valence-corrected chi connectivity index (χ0v) is 20.4. The zero-order valence-electron chi connectivity index (χ0n) is 18.8. The third-order valence-corrected chi connectivity index (χ3v) is 7.30. The lowest BCUT2D eigenvalue weighted by atomic mass is 10.1. The number of rotatable bonds is 9. The molecule has 0 aliphatic heterocycles. The molecule has 8 heteroatoms. The number of methoxy groups -OCH3 is 1. The van der Waals surface area contributed by atoms with E-state index in [1.807, 2.05) is 62.4 Å². The molecule has 0 fully saturated rings. The van der Waals surface area contributed by atoms with Crippen molar-refractivity contribution < 1.29 is 17.9 Å². The normalized spacial score (nSPS) is 12.4. The summed E-state index contributed by atoms with van der Waals surface area (Å²) in [7, 11) is -2.35. The molecule has 3 aromatic carbocycles. The fraction of sp³-hybridized carbons (Fsp3) is 0.240. The van der Waals surface area contributed by atoms with Gasteiger partial charge in [0.05, 0.1) is 24.6 Å². The van der Waals surface area contributed by atoms with E-state index in [9.17, 15) is 13.2 Å². The van der Waals surface area contributed by atoms with E-state index in [0.717, 1.165) is 22.4 Å². The Labute approximate surface area is 200 Å². The van der Waals surface area contributed by atoms with Gasteiger partial charge in [0.2, 0.25) is 15.9 Å². The number of ether oxygens (including phenoxy) is 1. The van der Waals surface area contributed by atoms with E-state index in [-0.39, 0.29) is 24.0 Å². The van der Waals surface area contributed by atoms with Crippen molar-refractivity contribution in [1.29, 1.82) is 0 Å². The zero-order chi connectivity index (χ0) is 24.0. The summed E-state index contributed by atoms with van der Waals surface area (Å²) in [5.74, 6) is 0.318. The fourth-order valence-electron chi connectivity index (χ4n) is 3.30. The van der Waals surface area contributed by atoms with Crippen LogP contribution < -0.4 is 10.1 Å². The minimum atomic E-state index is -3.93. The average molecular weight is 487 g/mol. The standard InChI is InChI=1S/C25H27ClN2O4S/c1-18-4-6-20(7-5-18)16-28(33(30,31)24-14-10-22(26)11-15-24)17-25(29)27-19(2)21-8-12-23(32-3)13-9-21/h4-15,19H,16-17H2,1-3H3,(H,27,29)/t19-/m0/s1. The number of benzene rings is 3. The van der Waals surface area contributed by atoms with Gasteiger partial charge < -0.3 is 10.1 Å². The Kier molecular flexibility index (Phi) is 8.13. The highest BCUT2D eigenvalue weighted by atomic mass is 35.5. The topological polar surface area (TPSA) is 75.7 Å². The smallest absolute Gasteiger partial charge is 0.243 e. The summed E-state index contributed by atoms with van der Waals surface area (Å²) in [5.41, 5.74) is 2.74. The monoisotopic (exact) mass is 486 g/mol. The van der Waals surface area contributed by atoms with Gasteiger partial charge in [0, 0.05) is 11.6 Å². The highest BCUT2D eigenvalue weighted by molar-refractivity contribution is 7.89. The first kappa shape index (κ1) is 24.8. The second-order valence-electron chi connectivity index (χ2n) is 7.77. The van der Waals surface area contributed by atoms with Crippen molar-refractivity contribution in [2.45, 2.75) is 31.3 Å². The highest BCUT2D eigenvalue weighted by Crippen LogP contribution is 2.22. The van der Waals surface area contributed by atoms with E-state index in [0.29, 0.717) is 5.02 Å². The van der Waals surface area contributed by atoms with E-state index in [2.05, 4.69) is 5.32 Å². The van der Waals surface area contributed by atoms with Crippen LogP contribution in [0.2, 0.25) is 5.02 Å². The van der Waals surface area contributed by atoms with E-state index >= 15 is 0 Å². The molecule has 33 heavy (non-hydrogen) atoms. The summed E-state index contributed by atoms with van der Waals surface area (Å²) in [6.45, 7) is 3.55. The quantitative estimate of drug-likeness (QED) is 0.474. The molecule has 1 N–H and O–H groups in total. The molecule has 0 spiro atoms. The van der Waals surface area contributed by atoms with Gasteiger partial charge in [-0.25, -0.2) is 8.42 Å². The van der Waals surface area contributed by atoms with Gasteiger partial charge in [-0.2, -0.15) is 4.31 Å². The lowest BCUT2D eigenvalue weighted by Crippen LogP contribution is -2.41. The van der Waals surface area contributed by atoms with Crippen molar-refractivity contribution in [3.8, 4) is 5.75 Å². The van der Waals surface area contributed by atoms with Crippen molar-refractivity contribution in [3.63, 3.8) is 0 Å². The Morgan fingerprint density at radius 2 is 1.61 bits per heavy atom. The van der Waals surface area contributed by atoms with Crippen LogP contribution >= 0.6 is 11.6 Å². The van der Waals surface area contributed by atoms with Crippen LogP contribution in [0.4, 0.5) is 0 Å². The van der Waals surface area contributed by atoms with Gasteiger partial charge in [0.15, 0.2) is 0 Å². The molecular formula is C25H27ClN2O4S. The Morgan fingerprint density at radius 3 is 2.18 bits per heavy atom. The third-order valence-electron chi connectivity index (χ3n) is 5.24. The predicted octanol–water partition coefficient (Wildman–Crippen LogP) is 4.73. The first-order chi connectivity index (χ1) is 15.7. The molecule has 0 radical (unpaired) electrons. The van der Waals surface area contributed by atoms with Gasteiger partial charge in [-0.15, -0.1) is 0 Å². The summed E-state index contributed by atoms with van der Waals surface area (Å²) in [6, 6.07) is 20.5. The molecular weight excluding hydrogens is 460 g/mol. The minimum absolute atomic E-state index is 0.0651. The van der Waals surface area contributed by atoms with Crippen LogP contribution in [-0.4, -0.2) is 32.3 Å². The molecule has 0 unspecified atom stereocenters. The van der Waals surface area contributed by atoms with Gasteiger partial charge in [0.25, 0.3) is 0 Å². The number of carbonyl (C=O) groups excluding carboxylic acids is 1. The number of nitrogens with one attached hydrogen (secondary N) is 1. The van der Waals surface area contributed by atoms with Crippen LogP contribution in [0.25, 0.3) is 0 Å². The van der Waals surface area contributed by atoms with Crippen LogP contribution in [0.15, 0.2) is 77.7 Å². The maximum atomic E-state index is 13.4. The van der Waals surface area contributed by atoms with Crippen LogP contribution in [0.3, 0.4) is 0 Å². The largest absolute Gasteiger partial charge is 0.497 e. The second-order valence-corrected chi connectivity index (χ2v) is 10.1. The Balaban J connectivity index is 1.81. The molecule has 0 saturated carbocycles. The number of amides is 1. The summed E-state index contributed by atoms with van der Waals surface area (Å²) in [6.07, 6.45) is 0. The molecule has 1 atom stereocenters. The van der Waals surface area contributed by atoms with Crippen molar-refractivity contribution >= 4 is 27.5 Å². The van der Waals surface area contributed by atoms with Crippen LogP contribution in [0, 0.1) is 6.92 Å². The number of sulfonamides is 1. The molecule has 3 rings (SSSR count). The molecule has 0 saturated heterocycles. The third kappa shape index (κ3) is 6.57. The van der Waals surface area contributed by atoms with E-state index in [1.54, 1.807) is 7.11 Å². The summed E-state index contributed by atoms with van der Waals surface area (Å²) in [4.78, 5) is 13.0. The number of halogens is 1. The lowest BCUT2D eigenvalue weighted by Gasteiger charge is -2.23. The first-order valence-electron chi connectivity index (χ1n) is 10.4. The molecule has 174 valence electrons. The molecule has 6 nitrogen and oxygen atoms in total. The molecule has 0 aliphatic carbocycles. The highest BCUT2D eigenvalue weighted by Gasteiger charge is 2.27. The van der Waals surface area contributed by atoms with Crippen LogP contribution in [0.5, 0.6) is 5.75 Å². The summed E-state index contributed by atoms with van der Waals surface area (Å²) < 4.78 is 33.1. The Bertz CT molecular complexity index is 1180. The van der Waals surface area contributed by atoms with Gasteiger partial charge in [-0.05, 0) is 61.4 Å². The van der Waals surface area contributed by atoms with Crippen molar-refractivity contribution in [1.82, 2.24) is 9.62 Å². The Hall–Kier alpha value is -2.87. The Morgan fingerprint density at radius 1 is 1.00 bits per heavy atom. The number of nitrogens with zero attached hydrogens (tertiary/aromatic N) is 1. The fourth-order valence-corrected chi connectivity index (χ4v) is 4.81. The molecule has 0 aliphatic rings. The summed E-state index contributed by atoms with van der Waals surface area (Å²) >= 11 is 5.92. The van der Waals surface area contributed by atoms with E-state index in [4.69, 9.17) is 16.3 Å². The van der Waals surface area contributed by atoms with Crippen LogP contribution in [-0.2, 0) is 21.4 Å². The number of hydrogen-bond acceptors (Lipinski definition) is 4. The maximum Gasteiger partial charge on any atom is 0.243 e. The van der Waals surface area contributed by atoms with Crippen molar-refractivity contribution in [2.75, 3.05) is 13.7 Å². The number of carbonyl (C=O) groups is 1. The number of hydrogen-bond donors (Lipinski definition) is 1. The first-order valence-corrected chi connectivity index (χ1v) is 12.3. The average Bonchev–Trinajstić information content (AvgIpc) is 2.80. The molecule has 3 aromatic rings. The lowest BCUT2D eigenvalue weighted by molar-refractivity contribution is -0.122. The summed E-state index contributed by atoms with van der Waals surface area (Å²) in [5, 5.41) is 3.32. The minimum Gasteiger partial charge on any atom is -0.497 e. The predicted molar refractivity (Wildman–Crippen MR) is 130 cm³/mol. The number of aryl methyl sites for hydroxylation is 1. The van der Waals surface area contributed by atoms with Crippen molar-refractivity contribution in [2.24, 2.45) is 0 Å². The SMILES string of the molecule is COc1ccc([C@H](C)NC(=O)CN(Cc2ccc(C)cc2)S(=O)(=O)c2ccc(Cl)cc2)cc1. The second kappa shape index (κ2) is 10.8. The molecule has 0 heterocycles. The molecule has 1 amide bonds. The van der Waals surface area contributed by atoms with Gasteiger partial charge >= 0.3 is 0 Å². The van der Waals surface area contributed by atoms with Gasteiger partial charge in [0.1, 0.15) is 5.75 Å². The van der Waals surface area contributed by atoms with Crippen molar-refractivity contribution in [3.05, 3.63) is 94.5 Å². The van der Waals surface area contributed by atoms with E-state index < -0.39 is 15.9 Å². The van der Waals surface area contributed by atoms with Crippen LogP contribution in [0.1, 0.15) is 29.7 Å². The maximum absolute atomic E-state index is 13.4. The van der Waals surface area contributed by atoms with E-state index in [1.165, 1.54) is 28.6 Å².